The highest BCUT2D eigenvalue weighted by molar-refractivity contribution is 7.09. The van der Waals surface area contributed by atoms with E-state index in [0.717, 1.165) is 10.7 Å². The number of ether oxygens (including phenoxy) is 1. The van der Waals surface area contributed by atoms with Gasteiger partial charge in [0.15, 0.2) is 0 Å². The number of benzene rings is 1. The van der Waals surface area contributed by atoms with Gasteiger partial charge in [0.2, 0.25) is 0 Å². The summed E-state index contributed by atoms with van der Waals surface area (Å²) >= 11 is 1.53. The third-order valence-corrected chi connectivity index (χ3v) is 4.18. The van der Waals surface area contributed by atoms with Gasteiger partial charge < -0.3 is 15.2 Å². The van der Waals surface area contributed by atoms with E-state index in [-0.39, 0.29) is 6.61 Å². The summed E-state index contributed by atoms with van der Waals surface area (Å²) in [4.78, 5) is 27.9. The maximum absolute atomic E-state index is 12.4. The highest BCUT2D eigenvalue weighted by Crippen LogP contribution is 2.20. The fraction of sp³-hybridized carbons (Fsp3) is 0.353. The topological polar surface area (TPSA) is 88.5 Å². The maximum Gasteiger partial charge on any atom is 0.326 e. The second-order valence-corrected chi connectivity index (χ2v) is 6.36. The number of para-hydroxylation sites is 1. The zero-order chi connectivity index (χ0) is 17.5. The molecule has 0 aliphatic carbocycles. The number of nitrogens with one attached hydrogen (secondary N) is 1. The van der Waals surface area contributed by atoms with Crippen molar-refractivity contribution in [2.75, 3.05) is 0 Å². The number of carboxylic acids is 1. The molecule has 24 heavy (non-hydrogen) atoms. The van der Waals surface area contributed by atoms with Crippen LogP contribution in [0.5, 0.6) is 5.75 Å². The van der Waals surface area contributed by atoms with Crippen molar-refractivity contribution >= 4 is 23.2 Å². The highest BCUT2D eigenvalue weighted by atomic mass is 32.1. The number of thiazole rings is 1. The Morgan fingerprint density at radius 3 is 2.75 bits per heavy atom. The lowest BCUT2D eigenvalue weighted by Gasteiger charge is -2.15. The Bertz CT molecular complexity index is 714. The second kappa shape index (κ2) is 8.44. The lowest BCUT2D eigenvalue weighted by Crippen LogP contribution is -2.40. The molecule has 128 valence electrons. The summed E-state index contributed by atoms with van der Waals surface area (Å²) in [6, 6.07) is 5.87. The number of aromatic nitrogens is 1. The quantitative estimate of drug-likeness (QED) is 0.765. The predicted octanol–water partition coefficient (Wildman–Crippen LogP) is 3.01. The molecule has 1 aromatic heterocycles. The van der Waals surface area contributed by atoms with Crippen LogP contribution < -0.4 is 10.1 Å². The first kappa shape index (κ1) is 17.9. The summed E-state index contributed by atoms with van der Waals surface area (Å²) in [6.45, 7) is 4.04. The fourth-order valence-electron chi connectivity index (χ4n) is 2.19. The van der Waals surface area contributed by atoms with Gasteiger partial charge in [-0.2, -0.15) is 0 Å². The van der Waals surface area contributed by atoms with Gasteiger partial charge in [-0.05, 0) is 25.5 Å². The lowest BCUT2D eigenvalue weighted by molar-refractivity contribution is -0.139. The Morgan fingerprint density at radius 1 is 1.38 bits per heavy atom. The molecule has 0 saturated heterocycles. The molecule has 0 bridgehead atoms. The minimum absolute atomic E-state index is 0.256. The van der Waals surface area contributed by atoms with Crippen LogP contribution in [0.4, 0.5) is 0 Å². The van der Waals surface area contributed by atoms with Gasteiger partial charge in [-0.25, -0.2) is 9.78 Å². The summed E-state index contributed by atoms with van der Waals surface area (Å²) < 4.78 is 5.70. The molecule has 1 atom stereocenters. The van der Waals surface area contributed by atoms with E-state index in [1.165, 1.54) is 11.3 Å². The third kappa shape index (κ3) is 4.79. The van der Waals surface area contributed by atoms with Crippen molar-refractivity contribution in [1.82, 2.24) is 10.3 Å². The summed E-state index contributed by atoms with van der Waals surface area (Å²) in [5.74, 6) is -1.09. The first-order valence-electron chi connectivity index (χ1n) is 7.67. The third-order valence-electron chi connectivity index (χ3n) is 3.35. The van der Waals surface area contributed by atoms with E-state index in [4.69, 9.17) is 4.74 Å². The van der Waals surface area contributed by atoms with Gasteiger partial charge in [0.25, 0.3) is 5.91 Å². The van der Waals surface area contributed by atoms with Gasteiger partial charge in [-0.15, -0.1) is 11.3 Å². The van der Waals surface area contributed by atoms with Crippen LogP contribution in [0.2, 0.25) is 0 Å². The van der Waals surface area contributed by atoms with Gasteiger partial charge >= 0.3 is 5.97 Å². The molecule has 2 rings (SSSR count). The predicted molar refractivity (Wildman–Crippen MR) is 91.4 cm³/mol. The van der Waals surface area contributed by atoms with Crippen molar-refractivity contribution in [1.29, 1.82) is 0 Å². The largest absolute Gasteiger partial charge is 0.486 e. The number of carboxylic acid groups (broad SMARTS) is 1. The number of hydrogen-bond donors (Lipinski definition) is 2. The number of rotatable bonds is 8. The van der Waals surface area contributed by atoms with Crippen molar-refractivity contribution in [2.45, 2.75) is 39.3 Å². The number of carbonyl (C=O) groups excluding carboxylic acids is 1. The molecule has 0 fully saturated rings. The van der Waals surface area contributed by atoms with Gasteiger partial charge in [0, 0.05) is 5.38 Å². The van der Waals surface area contributed by atoms with Crippen LogP contribution in [0.1, 0.15) is 40.8 Å². The maximum atomic E-state index is 12.4. The monoisotopic (exact) mass is 348 g/mol. The van der Waals surface area contributed by atoms with Crippen LogP contribution in [0.3, 0.4) is 0 Å². The second-order valence-electron chi connectivity index (χ2n) is 5.30. The first-order chi connectivity index (χ1) is 11.5. The number of aliphatic carboxylic acids is 1. The van der Waals surface area contributed by atoms with Gasteiger partial charge in [0.1, 0.15) is 18.4 Å². The SMILES string of the molecule is CCCC(NC(=O)c1ccccc1OCc1csc(C)n1)C(=O)O. The minimum Gasteiger partial charge on any atom is -0.486 e. The van der Waals surface area contributed by atoms with Crippen LogP contribution in [0.25, 0.3) is 0 Å². The van der Waals surface area contributed by atoms with E-state index in [2.05, 4.69) is 10.3 Å². The normalized spacial score (nSPS) is 11.8. The molecule has 0 saturated carbocycles. The standard InChI is InChI=1S/C17H20N2O4S/c1-3-6-14(17(21)22)19-16(20)13-7-4-5-8-15(13)23-9-12-10-24-11(2)18-12/h4-5,7-8,10,14H,3,6,9H2,1-2H3,(H,19,20)(H,21,22). The Kier molecular flexibility index (Phi) is 6.31. The number of amides is 1. The number of nitrogens with zero attached hydrogens (tertiary/aromatic N) is 1. The van der Waals surface area contributed by atoms with Gasteiger partial charge in [0.05, 0.1) is 16.3 Å². The number of aryl methyl sites for hydroxylation is 1. The molecule has 1 unspecified atom stereocenters. The van der Waals surface area contributed by atoms with Crippen molar-refractivity contribution in [3.8, 4) is 5.75 Å². The van der Waals surface area contributed by atoms with Crippen LogP contribution in [-0.4, -0.2) is 28.0 Å². The van der Waals surface area contributed by atoms with Crippen LogP contribution in [0, 0.1) is 6.92 Å². The molecule has 6 nitrogen and oxygen atoms in total. The minimum atomic E-state index is -1.04. The van der Waals surface area contributed by atoms with Crippen molar-refractivity contribution in [2.24, 2.45) is 0 Å². The van der Waals surface area contributed by atoms with Crippen LogP contribution in [-0.2, 0) is 11.4 Å². The van der Waals surface area contributed by atoms with Gasteiger partial charge in [-0.1, -0.05) is 25.5 Å². The Balaban J connectivity index is 2.09. The zero-order valence-corrected chi connectivity index (χ0v) is 14.4. The Labute approximate surface area is 144 Å². The highest BCUT2D eigenvalue weighted by Gasteiger charge is 2.21. The van der Waals surface area contributed by atoms with Crippen molar-refractivity contribution < 1.29 is 19.4 Å². The van der Waals surface area contributed by atoms with Crippen LogP contribution >= 0.6 is 11.3 Å². The molecule has 2 aromatic rings. The van der Waals surface area contributed by atoms with E-state index < -0.39 is 17.9 Å². The van der Waals surface area contributed by atoms with E-state index in [0.29, 0.717) is 24.2 Å². The number of carbonyl (C=O) groups is 2. The first-order valence-corrected chi connectivity index (χ1v) is 8.55. The van der Waals surface area contributed by atoms with E-state index in [1.807, 2.05) is 19.2 Å². The van der Waals surface area contributed by atoms with E-state index in [1.54, 1.807) is 24.3 Å². The molecule has 1 aromatic carbocycles. The molecule has 0 aliphatic rings. The smallest absolute Gasteiger partial charge is 0.326 e. The molecular weight excluding hydrogens is 328 g/mol. The molecule has 0 spiro atoms. The zero-order valence-electron chi connectivity index (χ0n) is 13.6. The summed E-state index contributed by atoms with van der Waals surface area (Å²) in [5, 5.41) is 14.6. The summed E-state index contributed by atoms with van der Waals surface area (Å²) in [7, 11) is 0. The van der Waals surface area contributed by atoms with Crippen molar-refractivity contribution in [3.63, 3.8) is 0 Å². The summed E-state index contributed by atoms with van der Waals surface area (Å²) in [5.41, 5.74) is 1.11. The van der Waals surface area contributed by atoms with Crippen molar-refractivity contribution in [3.05, 3.63) is 45.9 Å². The molecular formula is C17H20N2O4S. The Hall–Kier alpha value is -2.41. The number of hydrogen-bond acceptors (Lipinski definition) is 5. The molecule has 1 amide bonds. The van der Waals surface area contributed by atoms with E-state index in [9.17, 15) is 14.7 Å². The lowest BCUT2D eigenvalue weighted by atomic mass is 10.1. The molecule has 0 radical (unpaired) electrons. The fourth-order valence-corrected chi connectivity index (χ4v) is 2.79. The molecule has 7 heteroatoms. The average Bonchev–Trinajstić information content (AvgIpc) is 2.98. The Morgan fingerprint density at radius 2 is 2.12 bits per heavy atom. The van der Waals surface area contributed by atoms with Gasteiger partial charge in [-0.3, -0.25) is 4.79 Å². The van der Waals surface area contributed by atoms with Crippen LogP contribution in [0.15, 0.2) is 29.6 Å². The van der Waals surface area contributed by atoms with E-state index >= 15 is 0 Å². The molecule has 2 N–H and O–H groups in total. The summed E-state index contributed by atoms with van der Waals surface area (Å²) in [6.07, 6.45) is 1.04. The average molecular weight is 348 g/mol. The molecule has 1 heterocycles. The molecule has 0 aliphatic heterocycles.